The van der Waals surface area contributed by atoms with Crippen LogP contribution in [0.25, 0.3) is 0 Å². The maximum atomic E-state index is 12.7. The molecule has 0 bridgehead atoms. The maximum absolute atomic E-state index is 12.7. The summed E-state index contributed by atoms with van der Waals surface area (Å²) in [5.41, 5.74) is 2.99. The van der Waals surface area contributed by atoms with Crippen LogP contribution in [0, 0.1) is 0 Å². The molecule has 6 nitrogen and oxygen atoms in total. The quantitative estimate of drug-likeness (QED) is 0.733. The molecule has 2 aromatic carbocycles. The lowest BCUT2D eigenvalue weighted by molar-refractivity contribution is -0.142. The molecule has 0 fully saturated rings. The van der Waals surface area contributed by atoms with Gasteiger partial charge in [0, 0.05) is 24.6 Å². The SMILES string of the molecule is COC(=O)[C@@H](Cc1ccc(C(C)(C)C)cc1)NC(=O)c1cccc(NC(C)=O)c1. The second-order valence-corrected chi connectivity index (χ2v) is 7.96. The lowest BCUT2D eigenvalue weighted by Gasteiger charge is -2.20. The van der Waals surface area contributed by atoms with Crippen molar-refractivity contribution < 1.29 is 19.1 Å². The molecule has 154 valence electrons. The molecule has 0 spiro atoms. The van der Waals surface area contributed by atoms with Crippen LogP contribution in [0.4, 0.5) is 5.69 Å². The molecular weight excluding hydrogens is 368 g/mol. The fourth-order valence-electron chi connectivity index (χ4n) is 2.90. The van der Waals surface area contributed by atoms with Crippen molar-refractivity contribution in [3.63, 3.8) is 0 Å². The highest BCUT2D eigenvalue weighted by molar-refractivity contribution is 5.98. The van der Waals surface area contributed by atoms with Crippen molar-refractivity contribution in [1.82, 2.24) is 5.32 Å². The van der Waals surface area contributed by atoms with E-state index in [9.17, 15) is 14.4 Å². The van der Waals surface area contributed by atoms with Gasteiger partial charge in [-0.1, -0.05) is 51.1 Å². The minimum atomic E-state index is -0.822. The maximum Gasteiger partial charge on any atom is 0.328 e. The number of esters is 1. The standard InChI is InChI=1S/C23H28N2O4/c1-15(26)24-19-8-6-7-17(14-19)21(27)25-20(22(28)29-5)13-16-9-11-18(12-10-16)23(2,3)4/h6-12,14,20H,13H2,1-5H3,(H,24,26)(H,25,27)/t20-/m1/s1. The van der Waals surface area contributed by atoms with Gasteiger partial charge >= 0.3 is 5.97 Å². The average Bonchev–Trinajstić information content (AvgIpc) is 2.66. The van der Waals surface area contributed by atoms with Crippen molar-refractivity contribution in [3.05, 3.63) is 65.2 Å². The summed E-state index contributed by atoms with van der Waals surface area (Å²) in [6, 6.07) is 13.7. The van der Waals surface area contributed by atoms with Crippen LogP contribution in [0.3, 0.4) is 0 Å². The third-order valence-electron chi connectivity index (χ3n) is 4.50. The number of nitrogens with one attached hydrogen (secondary N) is 2. The lowest BCUT2D eigenvalue weighted by Crippen LogP contribution is -2.43. The first kappa shape index (κ1) is 22.1. The van der Waals surface area contributed by atoms with Crippen LogP contribution >= 0.6 is 0 Å². The second-order valence-electron chi connectivity index (χ2n) is 7.96. The Morgan fingerprint density at radius 1 is 1.03 bits per heavy atom. The molecule has 2 aromatic rings. The van der Waals surface area contributed by atoms with E-state index < -0.39 is 17.9 Å². The van der Waals surface area contributed by atoms with Gasteiger partial charge in [0.15, 0.2) is 0 Å². The number of carbonyl (C=O) groups excluding carboxylic acids is 3. The molecule has 2 N–H and O–H groups in total. The fourth-order valence-corrected chi connectivity index (χ4v) is 2.90. The minimum absolute atomic E-state index is 0.0351. The van der Waals surface area contributed by atoms with Gasteiger partial charge in [-0.15, -0.1) is 0 Å². The molecule has 29 heavy (non-hydrogen) atoms. The van der Waals surface area contributed by atoms with E-state index in [0.717, 1.165) is 5.56 Å². The smallest absolute Gasteiger partial charge is 0.328 e. The summed E-state index contributed by atoms with van der Waals surface area (Å²) >= 11 is 0. The number of hydrogen-bond acceptors (Lipinski definition) is 4. The van der Waals surface area contributed by atoms with Crippen molar-refractivity contribution in [2.24, 2.45) is 0 Å². The number of methoxy groups -OCH3 is 1. The van der Waals surface area contributed by atoms with Crippen molar-refractivity contribution in [2.75, 3.05) is 12.4 Å². The highest BCUT2D eigenvalue weighted by Gasteiger charge is 2.23. The number of amides is 2. The monoisotopic (exact) mass is 396 g/mol. The average molecular weight is 396 g/mol. The van der Waals surface area contributed by atoms with E-state index in [1.165, 1.54) is 19.6 Å². The topological polar surface area (TPSA) is 84.5 Å². The van der Waals surface area contributed by atoms with Crippen molar-refractivity contribution >= 4 is 23.5 Å². The molecular formula is C23H28N2O4. The molecule has 0 heterocycles. The third kappa shape index (κ3) is 6.45. The summed E-state index contributed by atoms with van der Waals surface area (Å²) in [5.74, 6) is -1.16. The predicted octanol–water partition coefficient (Wildman–Crippen LogP) is 3.46. The first-order valence-electron chi connectivity index (χ1n) is 9.46. The zero-order valence-electron chi connectivity index (χ0n) is 17.5. The molecule has 0 aliphatic heterocycles. The highest BCUT2D eigenvalue weighted by atomic mass is 16.5. The highest BCUT2D eigenvalue weighted by Crippen LogP contribution is 2.22. The Balaban J connectivity index is 2.15. The number of anilines is 1. The fraction of sp³-hybridized carbons (Fsp3) is 0.348. The molecule has 0 aliphatic carbocycles. The first-order valence-corrected chi connectivity index (χ1v) is 9.46. The Hall–Kier alpha value is -3.15. The zero-order chi connectivity index (χ0) is 21.6. The van der Waals surface area contributed by atoms with Gasteiger partial charge in [0.1, 0.15) is 6.04 Å². The Bertz CT molecular complexity index is 882. The van der Waals surface area contributed by atoms with Gasteiger partial charge in [-0.2, -0.15) is 0 Å². The van der Waals surface area contributed by atoms with E-state index in [2.05, 4.69) is 31.4 Å². The summed E-state index contributed by atoms with van der Waals surface area (Å²) in [4.78, 5) is 36.1. The van der Waals surface area contributed by atoms with E-state index in [1.54, 1.807) is 24.3 Å². The largest absolute Gasteiger partial charge is 0.467 e. The normalized spacial score (nSPS) is 12.0. The Morgan fingerprint density at radius 3 is 2.24 bits per heavy atom. The van der Waals surface area contributed by atoms with E-state index in [-0.39, 0.29) is 11.3 Å². The third-order valence-corrected chi connectivity index (χ3v) is 4.50. The van der Waals surface area contributed by atoms with Crippen LogP contribution in [-0.4, -0.2) is 30.9 Å². The molecule has 0 aromatic heterocycles. The molecule has 0 saturated carbocycles. The summed E-state index contributed by atoms with van der Waals surface area (Å²) < 4.78 is 4.87. The summed E-state index contributed by atoms with van der Waals surface area (Å²) in [6.07, 6.45) is 0.314. The molecule has 0 saturated heterocycles. The zero-order valence-corrected chi connectivity index (χ0v) is 17.5. The number of carbonyl (C=O) groups is 3. The Kier molecular flexibility index (Phi) is 7.15. The van der Waals surface area contributed by atoms with Crippen LogP contribution in [0.2, 0.25) is 0 Å². The van der Waals surface area contributed by atoms with Gasteiger partial charge in [0.05, 0.1) is 7.11 Å². The van der Waals surface area contributed by atoms with E-state index in [4.69, 9.17) is 4.74 Å². The predicted molar refractivity (Wildman–Crippen MR) is 113 cm³/mol. The van der Waals surface area contributed by atoms with Crippen molar-refractivity contribution in [2.45, 2.75) is 45.6 Å². The van der Waals surface area contributed by atoms with Gasteiger partial charge < -0.3 is 15.4 Å². The molecule has 0 unspecified atom stereocenters. The van der Waals surface area contributed by atoms with Crippen LogP contribution in [0.1, 0.15) is 49.2 Å². The molecule has 0 radical (unpaired) electrons. The number of ether oxygens (including phenoxy) is 1. The van der Waals surface area contributed by atoms with Crippen LogP contribution < -0.4 is 10.6 Å². The van der Waals surface area contributed by atoms with E-state index >= 15 is 0 Å². The van der Waals surface area contributed by atoms with Gasteiger partial charge in [-0.05, 0) is 34.7 Å². The first-order chi connectivity index (χ1) is 13.6. The van der Waals surface area contributed by atoms with Gasteiger partial charge in [-0.25, -0.2) is 4.79 Å². The van der Waals surface area contributed by atoms with Crippen LogP contribution in [-0.2, 0) is 26.2 Å². The molecule has 0 aliphatic rings. The number of rotatable bonds is 6. The summed E-state index contributed by atoms with van der Waals surface area (Å²) in [6.45, 7) is 7.79. The Morgan fingerprint density at radius 2 is 1.69 bits per heavy atom. The number of hydrogen-bond donors (Lipinski definition) is 2. The van der Waals surface area contributed by atoms with Gasteiger partial charge in [0.25, 0.3) is 5.91 Å². The van der Waals surface area contributed by atoms with Gasteiger partial charge in [0.2, 0.25) is 5.91 Å². The minimum Gasteiger partial charge on any atom is -0.467 e. The molecule has 1 atom stereocenters. The van der Waals surface area contributed by atoms with Crippen LogP contribution in [0.5, 0.6) is 0 Å². The molecule has 2 amide bonds. The van der Waals surface area contributed by atoms with Gasteiger partial charge in [-0.3, -0.25) is 9.59 Å². The van der Waals surface area contributed by atoms with Crippen molar-refractivity contribution in [3.8, 4) is 0 Å². The second kappa shape index (κ2) is 9.37. The number of benzene rings is 2. The lowest BCUT2D eigenvalue weighted by atomic mass is 9.86. The van der Waals surface area contributed by atoms with Crippen molar-refractivity contribution in [1.29, 1.82) is 0 Å². The molecule has 2 rings (SSSR count). The van der Waals surface area contributed by atoms with E-state index in [0.29, 0.717) is 17.7 Å². The summed E-state index contributed by atoms with van der Waals surface area (Å²) in [5, 5.41) is 5.37. The summed E-state index contributed by atoms with van der Waals surface area (Å²) in [7, 11) is 1.29. The molecule has 6 heteroatoms. The Labute approximate surface area is 171 Å². The van der Waals surface area contributed by atoms with Crippen LogP contribution in [0.15, 0.2) is 48.5 Å². The van der Waals surface area contributed by atoms with E-state index in [1.807, 2.05) is 24.3 Å².